The maximum Gasteiger partial charge on any atom is 0.348 e. The van der Waals surface area contributed by atoms with E-state index in [1.165, 1.54) is 48.5 Å². The average Bonchev–Trinajstić information content (AvgIpc) is 2.74. The molecule has 3 rings (SSSR count). The SMILES string of the molecule is Cc1ccc(S(=O)(=O)Nc2cc([N+](=O)[O-])c([N+](=O)[O-])cc2NS(=O)(=O)c2ccc(C)cc2)cc1. The largest absolute Gasteiger partial charge is 0.348 e. The number of hydrogen-bond donors (Lipinski definition) is 2. The van der Waals surface area contributed by atoms with Crippen molar-refractivity contribution in [2.75, 3.05) is 9.44 Å². The fourth-order valence-electron chi connectivity index (χ4n) is 2.88. The summed E-state index contributed by atoms with van der Waals surface area (Å²) in [7, 11) is -8.66. The summed E-state index contributed by atoms with van der Waals surface area (Å²) in [6, 6.07) is 12.4. The zero-order valence-electron chi connectivity index (χ0n) is 17.8. The molecule has 0 aromatic heterocycles. The van der Waals surface area contributed by atoms with Crippen LogP contribution in [0, 0.1) is 34.1 Å². The first-order valence-electron chi connectivity index (χ1n) is 9.46. The summed E-state index contributed by atoms with van der Waals surface area (Å²) >= 11 is 0. The molecule has 0 aliphatic carbocycles. The lowest BCUT2D eigenvalue weighted by Gasteiger charge is -2.15. The van der Waals surface area contributed by atoms with Crippen LogP contribution >= 0.6 is 0 Å². The monoisotopic (exact) mass is 506 g/mol. The Bertz CT molecular complexity index is 1370. The molecule has 12 nitrogen and oxygen atoms in total. The molecule has 0 spiro atoms. The highest BCUT2D eigenvalue weighted by atomic mass is 32.2. The Labute approximate surface area is 194 Å². The van der Waals surface area contributed by atoms with E-state index in [0.717, 1.165) is 11.1 Å². The summed E-state index contributed by atoms with van der Waals surface area (Å²) in [6.07, 6.45) is 0. The van der Waals surface area contributed by atoms with E-state index in [1.54, 1.807) is 13.8 Å². The third-order valence-corrected chi connectivity index (χ3v) is 7.42. The zero-order valence-corrected chi connectivity index (χ0v) is 19.4. The highest BCUT2D eigenvalue weighted by molar-refractivity contribution is 7.93. The summed E-state index contributed by atoms with van der Waals surface area (Å²) in [5.74, 6) is 0. The number of rotatable bonds is 8. The molecule has 0 saturated carbocycles. The van der Waals surface area contributed by atoms with Crippen LogP contribution in [0.4, 0.5) is 22.7 Å². The fraction of sp³-hybridized carbons (Fsp3) is 0.100. The van der Waals surface area contributed by atoms with Gasteiger partial charge in [-0.3, -0.25) is 29.7 Å². The Balaban J connectivity index is 2.16. The molecular formula is C20H18N4O8S2. The molecule has 34 heavy (non-hydrogen) atoms. The van der Waals surface area contributed by atoms with Gasteiger partial charge in [0.25, 0.3) is 20.0 Å². The lowest BCUT2D eigenvalue weighted by molar-refractivity contribution is -0.422. The summed E-state index contributed by atoms with van der Waals surface area (Å²) in [6.45, 7) is 3.48. The normalized spacial score (nSPS) is 11.6. The van der Waals surface area contributed by atoms with Crippen LogP contribution < -0.4 is 9.44 Å². The van der Waals surface area contributed by atoms with Crippen molar-refractivity contribution in [2.24, 2.45) is 0 Å². The third kappa shape index (κ3) is 5.29. The average molecular weight is 507 g/mol. The van der Waals surface area contributed by atoms with Gasteiger partial charge in [-0.25, -0.2) is 16.8 Å². The van der Waals surface area contributed by atoms with Gasteiger partial charge in [-0.15, -0.1) is 0 Å². The van der Waals surface area contributed by atoms with E-state index >= 15 is 0 Å². The van der Waals surface area contributed by atoms with Gasteiger partial charge >= 0.3 is 11.4 Å². The van der Waals surface area contributed by atoms with Gasteiger partial charge in [-0.1, -0.05) is 35.4 Å². The van der Waals surface area contributed by atoms with Crippen LogP contribution in [-0.4, -0.2) is 26.7 Å². The highest BCUT2D eigenvalue weighted by Gasteiger charge is 2.30. The molecule has 14 heteroatoms. The smallest absolute Gasteiger partial charge is 0.277 e. The number of sulfonamides is 2. The molecule has 178 valence electrons. The van der Waals surface area contributed by atoms with E-state index in [-0.39, 0.29) is 9.79 Å². The van der Waals surface area contributed by atoms with Gasteiger partial charge in [-0.2, -0.15) is 0 Å². The quantitative estimate of drug-likeness (QED) is 0.343. The maximum absolute atomic E-state index is 12.8. The number of nitrogens with zero attached hydrogens (tertiary/aromatic N) is 2. The molecule has 0 amide bonds. The van der Waals surface area contributed by atoms with Crippen molar-refractivity contribution >= 4 is 42.8 Å². The first kappa shape index (κ1) is 24.6. The van der Waals surface area contributed by atoms with Crippen molar-refractivity contribution in [1.29, 1.82) is 0 Å². The Hall–Kier alpha value is -4.04. The first-order valence-corrected chi connectivity index (χ1v) is 12.4. The standard InChI is InChI=1S/C20H18N4O8S2/c1-13-3-7-15(8-4-13)33(29,30)21-17-11-19(23(25)26)20(24(27)28)12-18(17)22-34(31,32)16-9-5-14(2)6-10-16/h3-12,21-22H,1-2H3. The van der Waals surface area contributed by atoms with E-state index in [0.29, 0.717) is 12.1 Å². The van der Waals surface area contributed by atoms with Crippen LogP contribution in [0.5, 0.6) is 0 Å². The van der Waals surface area contributed by atoms with Gasteiger partial charge < -0.3 is 0 Å². The molecule has 0 saturated heterocycles. The minimum absolute atomic E-state index is 0.202. The van der Waals surface area contributed by atoms with Crippen molar-refractivity contribution in [1.82, 2.24) is 0 Å². The number of benzene rings is 3. The van der Waals surface area contributed by atoms with Crippen molar-refractivity contribution in [2.45, 2.75) is 23.6 Å². The summed E-state index contributed by atoms with van der Waals surface area (Å²) in [5.41, 5.74) is -1.62. The lowest BCUT2D eigenvalue weighted by atomic mass is 10.2. The Kier molecular flexibility index (Phi) is 6.56. The van der Waals surface area contributed by atoms with E-state index in [9.17, 15) is 37.1 Å². The van der Waals surface area contributed by atoms with Gasteiger partial charge in [0.1, 0.15) is 0 Å². The third-order valence-electron chi connectivity index (χ3n) is 4.66. The molecule has 0 fully saturated rings. The Morgan fingerprint density at radius 1 is 0.618 bits per heavy atom. The number of nitro benzene ring substituents is 2. The highest BCUT2D eigenvalue weighted by Crippen LogP contribution is 2.38. The van der Waals surface area contributed by atoms with Crippen LogP contribution in [0.3, 0.4) is 0 Å². The molecule has 3 aromatic carbocycles. The molecule has 0 heterocycles. The zero-order chi connectivity index (χ0) is 25.3. The van der Waals surface area contributed by atoms with E-state index in [4.69, 9.17) is 0 Å². The molecule has 0 unspecified atom stereocenters. The van der Waals surface area contributed by atoms with Crippen molar-refractivity contribution < 1.29 is 26.7 Å². The second-order valence-electron chi connectivity index (χ2n) is 7.24. The first-order chi connectivity index (χ1) is 15.8. The predicted octanol–water partition coefficient (Wildman–Crippen LogP) is 3.72. The molecule has 3 aromatic rings. The van der Waals surface area contributed by atoms with Crippen molar-refractivity contribution in [3.05, 3.63) is 92.0 Å². The second-order valence-corrected chi connectivity index (χ2v) is 10.6. The number of nitrogens with one attached hydrogen (secondary N) is 2. The maximum atomic E-state index is 12.8. The number of anilines is 2. The van der Waals surface area contributed by atoms with Crippen LogP contribution in [0.1, 0.15) is 11.1 Å². The van der Waals surface area contributed by atoms with Gasteiger partial charge in [-0.05, 0) is 38.1 Å². The van der Waals surface area contributed by atoms with Crippen LogP contribution in [0.25, 0.3) is 0 Å². The van der Waals surface area contributed by atoms with Gasteiger partial charge in [0.2, 0.25) is 0 Å². The molecular weight excluding hydrogens is 488 g/mol. The van der Waals surface area contributed by atoms with E-state index in [2.05, 4.69) is 9.44 Å². The fourth-order valence-corrected chi connectivity index (χ4v) is 5.02. The van der Waals surface area contributed by atoms with Gasteiger partial charge in [0.05, 0.1) is 31.0 Å². The van der Waals surface area contributed by atoms with E-state index in [1.807, 2.05) is 0 Å². The van der Waals surface area contributed by atoms with Crippen LogP contribution in [0.15, 0.2) is 70.5 Å². The molecule has 2 N–H and O–H groups in total. The number of hydrogen-bond acceptors (Lipinski definition) is 8. The molecule has 0 atom stereocenters. The summed E-state index contributed by atoms with van der Waals surface area (Å²) in [5, 5.41) is 22.8. The lowest BCUT2D eigenvalue weighted by Crippen LogP contribution is -2.18. The van der Waals surface area contributed by atoms with Gasteiger partial charge in [0.15, 0.2) is 0 Å². The van der Waals surface area contributed by atoms with Crippen molar-refractivity contribution in [3.63, 3.8) is 0 Å². The summed E-state index contributed by atoms with van der Waals surface area (Å²) in [4.78, 5) is 20.2. The Morgan fingerprint density at radius 2 is 0.912 bits per heavy atom. The van der Waals surface area contributed by atoms with Crippen LogP contribution in [0.2, 0.25) is 0 Å². The van der Waals surface area contributed by atoms with Crippen molar-refractivity contribution in [3.8, 4) is 0 Å². The minimum atomic E-state index is -4.33. The predicted molar refractivity (Wildman–Crippen MR) is 124 cm³/mol. The minimum Gasteiger partial charge on any atom is -0.277 e. The van der Waals surface area contributed by atoms with Crippen LogP contribution in [-0.2, 0) is 20.0 Å². The Morgan fingerprint density at radius 3 is 1.18 bits per heavy atom. The van der Waals surface area contributed by atoms with Gasteiger partial charge in [0, 0.05) is 12.1 Å². The molecule has 0 bridgehead atoms. The number of aryl methyl sites for hydroxylation is 2. The molecule has 0 aliphatic heterocycles. The van der Waals surface area contributed by atoms with E-state index < -0.39 is 52.6 Å². The second kappa shape index (κ2) is 9.07. The summed E-state index contributed by atoms with van der Waals surface area (Å²) < 4.78 is 55.6. The topological polar surface area (TPSA) is 179 Å². The molecule has 0 radical (unpaired) electrons. The molecule has 0 aliphatic rings. The number of nitro groups is 2.